The fraction of sp³-hybridized carbons (Fsp3) is 0.0625. The molecule has 0 aliphatic carbocycles. The molecule has 1 aliphatic rings. The molecule has 0 spiro atoms. The Hall–Kier alpha value is -2.22. The standard InChI is InChI=1S/C16H12IN5/c1-10-18-20-16-21-19-15(11-5-3-2-4-6-11)13-9-12(17)7-8-14(13)22(10)16/h2-9H,1H3,(H,20,21). The Morgan fingerprint density at radius 1 is 1.05 bits per heavy atom. The van der Waals surface area contributed by atoms with Crippen LogP contribution in [0.3, 0.4) is 0 Å². The molecule has 0 saturated carbocycles. The van der Waals surface area contributed by atoms with Gasteiger partial charge in [0.1, 0.15) is 11.5 Å². The average molecular weight is 401 g/mol. The molecule has 0 atom stereocenters. The molecule has 22 heavy (non-hydrogen) atoms. The van der Waals surface area contributed by atoms with Gasteiger partial charge in [0.2, 0.25) is 5.95 Å². The second kappa shape index (κ2) is 5.20. The lowest BCUT2D eigenvalue weighted by atomic mass is 10.0. The van der Waals surface area contributed by atoms with Gasteiger partial charge in [0.25, 0.3) is 0 Å². The first kappa shape index (κ1) is 13.4. The van der Waals surface area contributed by atoms with Crippen LogP contribution in [0.5, 0.6) is 0 Å². The minimum absolute atomic E-state index is 0.630. The van der Waals surface area contributed by atoms with Crippen LogP contribution in [0.25, 0.3) is 5.69 Å². The lowest BCUT2D eigenvalue weighted by Gasteiger charge is -2.12. The normalized spacial score (nSPS) is 12.7. The largest absolute Gasteiger partial charge is 0.264 e. The number of hydrogen-bond donors (Lipinski definition) is 1. The van der Waals surface area contributed by atoms with Gasteiger partial charge in [-0.15, -0.1) is 10.2 Å². The van der Waals surface area contributed by atoms with Crippen LogP contribution in [0.2, 0.25) is 0 Å². The van der Waals surface area contributed by atoms with E-state index in [1.54, 1.807) is 0 Å². The van der Waals surface area contributed by atoms with Crippen molar-refractivity contribution in [3.05, 3.63) is 69.1 Å². The first-order valence-electron chi connectivity index (χ1n) is 6.85. The summed E-state index contributed by atoms with van der Waals surface area (Å²) in [6.45, 7) is 1.94. The number of rotatable bonds is 1. The van der Waals surface area contributed by atoms with E-state index in [2.05, 4.69) is 73.6 Å². The van der Waals surface area contributed by atoms with Gasteiger partial charge in [0.05, 0.1) is 5.69 Å². The van der Waals surface area contributed by atoms with E-state index < -0.39 is 0 Å². The van der Waals surface area contributed by atoms with Gasteiger partial charge < -0.3 is 0 Å². The van der Waals surface area contributed by atoms with Crippen molar-refractivity contribution in [2.45, 2.75) is 6.92 Å². The van der Waals surface area contributed by atoms with Gasteiger partial charge in [-0.1, -0.05) is 30.3 Å². The van der Waals surface area contributed by atoms with E-state index in [4.69, 9.17) is 0 Å². The first-order chi connectivity index (χ1) is 10.7. The number of halogens is 1. The summed E-state index contributed by atoms with van der Waals surface area (Å²) in [5.74, 6) is 1.46. The molecular weight excluding hydrogens is 389 g/mol. The van der Waals surface area contributed by atoms with Gasteiger partial charge in [0, 0.05) is 14.7 Å². The van der Waals surface area contributed by atoms with Gasteiger partial charge in [0.15, 0.2) is 0 Å². The Bertz CT molecular complexity index is 883. The maximum absolute atomic E-state index is 4.57. The summed E-state index contributed by atoms with van der Waals surface area (Å²) < 4.78 is 3.15. The quantitative estimate of drug-likeness (QED) is 0.637. The molecule has 3 aromatic rings. The van der Waals surface area contributed by atoms with Gasteiger partial charge >= 0.3 is 0 Å². The van der Waals surface area contributed by atoms with E-state index in [9.17, 15) is 0 Å². The summed E-state index contributed by atoms with van der Waals surface area (Å²) in [6, 6.07) is 16.5. The first-order valence-corrected chi connectivity index (χ1v) is 7.93. The lowest BCUT2D eigenvalue weighted by molar-refractivity contribution is 0.969. The number of hydrazone groups is 1. The minimum atomic E-state index is 0.630. The molecule has 0 unspecified atom stereocenters. The maximum atomic E-state index is 4.57. The minimum Gasteiger partial charge on any atom is -0.264 e. The molecule has 1 aromatic heterocycles. The van der Waals surface area contributed by atoms with Crippen LogP contribution in [0.4, 0.5) is 5.95 Å². The van der Waals surface area contributed by atoms with Crippen molar-refractivity contribution in [1.29, 1.82) is 0 Å². The predicted molar refractivity (Wildman–Crippen MR) is 94.5 cm³/mol. The van der Waals surface area contributed by atoms with Gasteiger partial charge in [-0.3, -0.25) is 4.57 Å². The third kappa shape index (κ3) is 2.10. The summed E-state index contributed by atoms with van der Waals surface area (Å²) in [5.41, 5.74) is 7.10. The van der Waals surface area contributed by atoms with Crippen LogP contribution >= 0.6 is 22.6 Å². The topological polar surface area (TPSA) is 55.1 Å². The van der Waals surface area contributed by atoms with Crippen molar-refractivity contribution in [3.8, 4) is 5.69 Å². The van der Waals surface area contributed by atoms with Gasteiger partial charge in [-0.2, -0.15) is 5.10 Å². The highest BCUT2D eigenvalue weighted by molar-refractivity contribution is 14.1. The molecule has 0 amide bonds. The maximum Gasteiger partial charge on any atom is 0.249 e. The number of fused-ring (bicyclic) bond motifs is 3. The molecule has 2 aromatic carbocycles. The van der Waals surface area contributed by atoms with E-state index in [1.165, 1.54) is 0 Å². The highest BCUT2D eigenvalue weighted by atomic mass is 127. The molecule has 6 heteroatoms. The number of aryl methyl sites for hydroxylation is 1. The van der Waals surface area contributed by atoms with Crippen molar-refractivity contribution in [2.75, 3.05) is 5.43 Å². The van der Waals surface area contributed by atoms with E-state index in [0.717, 1.165) is 31.9 Å². The summed E-state index contributed by atoms with van der Waals surface area (Å²) >= 11 is 2.32. The van der Waals surface area contributed by atoms with E-state index in [0.29, 0.717) is 5.95 Å². The van der Waals surface area contributed by atoms with Gasteiger partial charge in [-0.25, -0.2) is 5.43 Å². The summed E-state index contributed by atoms with van der Waals surface area (Å²) in [7, 11) is 0. The molecule has 5 nitrogen and oxygen atoms in total. The Kier molecular flexibility index (Phi) is 3.18. The fourth-order valence-corrected chi connectivity index (χ4v) is 3.09. The molecule has 0 fully saturated rings. The second-order valence-electron chi connectivity index (χ2n) is 5.01. The van der Waals surface area contributed by atoms with Crippen LogP contribution in [0.15, 0.2) is 53.6 Å². The Balaban J connectivity index is 2.01. The Morgan fingerprint density at radius 3 is 2.68 bits per heavy atom. The molecule has 0 saturated heterocycles. The molecule has 4 rings (SSSR count). The van der Waals surface area contributed by atoms with E-state index >= 15 is 0 Å². The zero-order valence-electron chi connectivity index (χ0n) is 11.8. The monoisotopic (exact) mass is 401 g/mol. The molecule has 1 aliphatic heterocycles. The van der Waals surface area contributed by atoms with Crippen LogP contribution in [0, 0.1) is 10.5 Å². The lowest BCUT2D eigenvalue weighted by Crippen LogP contribution is -2.08. The zero-order valence-corrected chi connectivity index (χ0v) is 13.9. The molecule has 0 radical (unpaired) electrons. The van der Waals surface area contributed by atoms with E-state index in [1.807, 2.05) is 29.7 Å². The molecular formula is C16H12IN5. The zero-order chi connectivity index (χ0) is 15.1. The molecule has 0 bridgehead atoms. The fourth-order valence-electron chi connectivity index (χ4n) is 2.60. The second-order valence-corrected chi connectivity index (χ2v) is 6.25. The molecule has 1 N–H and O–H groups in total. The number of nitrogens with zero attached hydrogens (tertiary/aromatic N) is 4. The summed E-state index contributed by atoms with van der Waals surface area (Å²) in [6.07, 6.45) is 0. The van der Waals surface area contributed by atoms with Crippen LogP contribution in [0.1, 0.15) is 17.0 Å². The van der Waals surface area contributed by atoms with Crippen molar-refractivity contribution in [1.82, 2.24) is 14.8 Å². The SMILES string of the molecule is Cc1nnc2n1-c1ccc(I)cc1C(c1ccccc1)=NN2. The molecule has 108 valence electrons. The average Bonchev–Trinajstić information content (AvgIpc) is 2.82. The summed E-state index contributed by atoms with van der Waals surface area (Å²) in [5, 5.41) is 12.9. The van der Waals surface area contributed by atoms with Crippen LogP contribution in [-0.2, 0) is 0 Å². The Labute approximate surface area is 141 Å². The number of nitrogens with one attached hydrogen (secondary N) is 1. The van der Waals surface area contributed by atoms with Crippen molar-refractivity contribution >= 4 is 34.3 Å². The number of aromatic nitrogens is 3. The Morgan fingerprint density at radius 2 is 1.86 bits per heavy atom. The van der Waals surface area contributed by atoms with Crippen LogP contribution < -0.4 is 5.43 Å². The number of hydrogen-bond acceptors (Lipinski definition) is 4. The van der Waals surface area contributed by atoms with Crippen LogP contribution in [-0.4, -0.2) is 20.5 Å². The highest BCUT2D eigenvalue weighted by Gasteiger charge is 2.21. The number of benzene rings is 2. The predicted octanol–water partition coefficient (Wildman–Crippen LogP) is 3.36. The highest BCUT2D eigenvalue weighted by Crippen LogP contribution is 2.27. The molecule has 2 heterocycles. The van der Waals surface area contributed by atoms with E-state index in [-0.39, 0.29) is 0 Å². The smallest absolute Gasteiger partial charge is 0.249 e. The van der Waals surface area contributed by atoms with Gasteiger partial charge in [-0.05, 0) is 47.7 Å². The van der Waals surface area contributed by atoms with Crippen molar-refractivity contribution in [2.24, 2.45) is 5.10 Å². The number of anilines is 1. The van der Waals surface area contributed by atoms with Crippen molar-refractivity contribution in [3.63, 3.8) is 0 Å². The van der Waals surface area contributed by atoms with Crippen molar-refractivity contribution < 1.29 is 0 Å². The summed E-state index contributed by atoms with van der Waals surface area (Å²) in [4.78, 5) is 0. The third-order valence-corrected chi connectivity index (χ3v) is 4.27. The third-order valence-electron chi connectivity index (χ3n) is 3.59.